The summed E-state index contributed by atoms with van der Waals surface area (Å²) in [7, 11) is 0. The first-order valence-corrected chi connectivity index (χ1v) is 7.02. The molecule has 0 saturated heterocycles. The molecule has 0 spiro atoms. The van der Waals surface area contributed by atoms with Crippen molar-refractivity contribution in [2.45, 2.75) is 52.0 Å². The van der Waals surface area contributed by atoms with Crippen LogP contribution >= 0.6 is 0 Å². The van der Waals surface area contributed by atoms with Crippen molar-refractivity contribution in [2.24, 2.45) is 0 Å². The van der Waals surface area contributed by atoms with Gasteiger partial charge in [0.15, 0.2) is 0 Å². The van der Waals surface area contributed by atoms with Crippen molar-refractivity contribution in [2.75, 3.05) is 26.4 Å². The molecule has 0 aromatic rings. The Bertz CT molecular complexity index is 216. The van der Waals surface area contributed by atoms with E-state index in [0.29, 0.717) is 6.04 Å². The molecule has 0 radical (unpaired) electrons. The molecular formula is C14H27NO2. The van der Waals surface area contributed by atoms with Crippen LogP contribution in [0.25, 0.3) is 0 Å². The van der Waals surface area contributed by atoms with Crippen LogP contribution in [0, 0.1) is 0 Å². The molecule has 3 nitrogen and oxygen atoms in total. The van der Waals surface area contributed by atoms with E-state index < -0.39 is 0 Å². The number of hydrogen-bond donors (Lipinski definition) is 1. The minimum atomic E-state index is 0.340. The third-order valence-electron chi connectivity index (χ3n) is 2.85. The van der Waals surface area contributed by atoms with E-state index in [0.717, 1.165) is 64.2 Å². The molecule has 1 N–H and O–H groups in total. The van der Waals surface area contributed by atoms with E-state index in [2.05, 4.69) is 25.2 Å². The van der Waals surface area contributed by atoms with Crippen LogP contribution < -0.4 is 5.32 Å². The standard InChI is InChI=1S/C14H27NO2/c1-3-9-15-13(8-12-16-10-4-2)14-7-5-6-11-17-14/h7,13,15H,3-6,8-12H2,1-2H3. The Morgan fingerprint density at radius 2 is 2.24 bits per heavy atom. The van der Waals surface area contributed by atoms with Crippen molar-refractivity contribution in [3.63, 3.8) is 0 Å². The molecule has 0 aromatic heterocycles. The van der Waals surface area contributed by atoms with Gasteiger partial charge in [0.1, 0.15) is 5.76 Å². The van der Waals surface area contributed by atoms with Crippen molar-refractivity contribution >= 4 is 0 Å². The Morgan fingerprint density at radius 3 is 2.88 bits per heavy atom. The SMILES string of the molecule is CCCNC(CCOCCC)C1=CCCCO1. The maximum Gasteiger partial charge on any atom is 0.109 e. The smallest absolute Gasteiger partial charge is 0.109 e. The van der Waals surface area contributed by atoms with Crippen LogP contribution in [0.1, 0.15) is 46.0 Å². The normalized spacial score (nSPS) is 17.4. The molecule has 0 aliphatic carbocycles. The molecule has 1 unspecified atom stereocenters. The largest absolute Gasteiger partial charge is 0.497 e. The Balaban J connectivity index is 2.33. The highest BCUT2D eigenvalue weighted by Gasteiger charge is 2.16. The zero-order valence-corrected chi connectivity index (χ0v) is 11.3. The zero-order valence-electron chi connectivity index (χ0n) is 11.3. The monoisotopic (exact) mass is 241 g/mol. The second kappa shape index (κ2) is 9.49. The highest BCUT2D eigenvalue weighted by Crippen LogP contribution is 2.16. The molecule has 0 amide bonds. The molecule has 1 rings (SSSR count). The molecule has 1 atom stereocenters. The van der Waals surface area contributed by atoms with Crippen molar-refractivity contribution in [3.8, 4) is 0 Å². The highest BCUT2D eigenvalue weighted by molar-refractivity contribution is 5.05. The first-order chi connectivity index (χ1) is 8.38. The molecule has 1 aliphatic rings. The van der Waals surface area contributed by atoms with E-state index >= 15 is 0 Å². The summed E-state index contributed by atoms with van der Waals surface area (Å²) in [5.41, 5.74) is 0. The van der Waals surface area contributed by atoms with Gasteiger partial charge in [-0.1, -0.05) is 13.8 Å². The highest BCUT2D eigenvalue weighted by atomic mass is 16.5. The van der Waals surface area contributed by atoms with E-state index in [9.17, 15) is 0 Å². The van der Waals surface area contributed by atoms with Gasteiger partial charge in [-0.25, -0.2) is 0 Å². The fourth-order valence-corrected chi connectivity index (χ4v) is 1.93. The average molecular weight is 241 g/mol. The Hall–Kier alpha value is -0.540. The molecule has 0 fully saturated rings. The second-order valence-electron chi connectivity index (χ2n) is 4.50. The zero-order chi connectivity index (χ0) is 12.3. The van der Waals surface area contributed by atoms with Gasteiger partial charge in [-0.15, -0.1) is 0 Å². The van der Waals surface area contributed by atoms with Crippen LogP contribution in [0.2, 0.25) is 0 Å². The quantitative estimate of drug-likeness (QED) is 0.630. The first-order valence-electron chi connectivity index (χ1n) is 7.02. The third kappa shape index (κ3) is 6.08. The van der Waals surface area contributed by atoms with Crippen molar-refractivity contribution < 1.29 is 9.47 Å². The average Bonchev–Trinajstić information content (AvgIpc) is 2.39. The fourth-order valence-electron chi connectivity index (χ4n) is 1.93. The summed E-state index contributed by atoms with van der Waals surface area (Å²) in [6, 6.07) is 0.340. The van der Waals surface area contributed by atoms with Crippen LogP contribution in [0.15, 0.2) is 11.8 Å². The number of hydrogen-bond acceptors (Lipinski definition) is 3. The maximum atomic E-state index is 5.74. The lowest BCUT2D eigenvalue weighted by molar-refractivity contribution is 0.111. The Kier molecular flexibility index (Phi) is 8.10. The summed E-state index contributed by atoms with van der Waals surface area (Å²) in [6.45, 7) is 7.91. The lowest BCUT2D eigenvalue weighted by Crippen LogP contribution is -2.34. The van der Waals surface area contributed by atoms with Gasteiger partial charge in [0, 0.05) is 13.2 Å². The summed E-state index contributed by atoms with van der Waals surface area (Å²) >= 11 is 0. The van der Waals surface area contributed by atoms with Gasteiger partial charge in [-0.05, 0) is 44.7 Å². The van der Waals surface area contributed by atoms with E-state index in [4.69, 9.17) is 9.47 Å². The van der Waals surface area contributed by atoms with Gasteiger partial charge in [-0.3, -0.25) is 0 Å². The van der Waals surface area contributed by atoms with Crippen LogP contribution in [-0.4, -0.2) is 32.4 Å². The van der Waals surface area contributed by atoms with Gasteiger partial charge in [-0.2, -0.15) is 0 Å². The molecule has 1 aliphatic heterocycles. The van der Waals surface area contributed by atoms with E-state index in [1.54, 1.807) is 0 Å². The van der Waals surface area contributed by atoms with Crippen molar-refractivity contribution in [1.82, 2.24) is 5.32 Å². The predicted molar refractivity (Wildman–Crippen MR) is 71.1 cm³/mol. The molecule has 0 saturated carbocycles. The first kappa shape index (κ1) is 14.5. The van der Waals surface area contributed by atoms with Gasteiger partial charge in [0.05, 0.1) is 12.6 Å². The molecule has 0 bridgehead atoms. The minimum Gasteiger partial charge on any atom is -0.497 e. The van der Waals surface area contributed by atoms with Crippen LogP contribution in [0.3, 0.4) is 0 Å². The summed E-state index contributed by atoms with van der Waals surface area (Å²) in [5, 5.41) is 3.54. The van der Waals surface area contributed by atoms with E-state index in [-0.39, 0.29) is 0 Å². The molecule has 100 valence electrons. The lowest BCUT2D eigenvalue weighted by Gasteiger charge is -2.24. The second-order valence-corrected chi connectivity index (χ2v) is 4.50. The van der Waals surface area contributed by atoms with E-state index in [1.807, 2.05) is 0 Å². The number of nitrogens with one attached hydrogen (secondary N) is 1. The van der Waals surface area contributed by atoms with Gasteiger partial charge in [0.2, 0.25) is 0 Å². The fraction of sp³-hybridized carbons (Fsp3) is 0.857. The Morgan fingerprint density at radius 1 is 1.35 bits per heavy atom. The third-order valence-corrected chi connectivity index (χ3v) is 2.85. The summed E-state index contributed by atoms with van der Waals surface area (Å²) in [6.07, 6.45) is 7.78. The van der Waals surface area contributed by atoms with Crippen LogP contribution in [-0.2, 0) is 9.47 Å². The van der Waals surface area contributed by atoms with Crippen molar-refractivity contribution in [3.05, 3.63) is 11.8 Å². The molecule has 17 heavy (non-hydrogen) atoms. The van der Waals surface area contributed by atoms with Crippen molar-refractivity contribution in [1.29, 1.82) is 0 Å². The molecule has 3 heteroatoms. The molecular weight excluding hydrogens is 214 g/mol. The minimum absolute atomic E-state index is 0.340. The molecule has 1 heterocycles. The van der Waals surface area contributed by atoms with Gasteiger partial charge < -0.3 is 14.8 Å². The van der Waals surface area contributed by atoms with Gasteiger partial charge >= 0.3 is 0 Å². The maximum absolute atomic E-state index is 5.74. The topological polar surface area (TPSA) is 30.5 Å². The number of rotatable bonds is 9. The summed E-state index contributed by atoms with van der Waals surface area (Å²) in [4.78, 5) is 0. The molecule has 0 aromatic carbocycles. The van der Waals surface area contributed by atoms with Crippen LogP contribution in [0.4, 0.5) is 0 Å². The van der Waals surface area contributed by atoms with Crippen LogP contribution in [0.5, 0.6) is 0 Å². The lowest BCUT2D eigenvalue weighted by atomic mass is 10.1. The van der Waals surface area contributed by atoms with Gasteiger partial charge in [0.25, 0.3) is 0 Å². The summed E-state index contributed by atoms with van der Waals surface area (Å²) in [5.74, 6) is 1.13. The Labute approximate surface area is 106 Å². The number of ether oxygens (including phenoxy) is 2. The summed E-state index contributed by atoms with van der Waals surface area (Å²) < 4.78 is 11.3. The number of allylic oxidation sites excluding steroid dienone is 1. The van der Waals surface area contributed by atoms with E-state index in [1.165, 1.54) is 0 Å². The predicted octanol–water partition coefficient (Wildman–Crippen LogP) is 2.87.